The molecule has 0 saturated carbocycles. The Labute approximate surface area is 94.4 Å². The Morgan fingerprint density at radius 2 is 1.67 bits per heavy atom. The summed E-state index contributed by atoms with van der Waals surface area (Å²) in [6.07, 6.45) is 1.94. The van der Waals surface area contributed by atoms with Crippen LogP contribution < -0.4 is 0 Å². The second kappa shape index (κ2) is 8.24. The van der Waals surface area contributed by atoms with E-state index in [1.54, 1.807) is 14.2 Å². The van der Waals surface area contributed by atoms with Crippen molar-refractivity contribution in [2.75, 3.05) is 41.0 Å². The van der Waals surface area contributed by atoms with Gasteiger partial charge in [0.15, 0.2) is 0 Å². The van der Waals surface area contributed by atoms with Gasteiger partial charge in [-0.1, -0.05) is 0 Å². The molecule has 0 aromatic rings. The molecule has 0 saturated heterocycles. The van der Waals surface area contributed by atoms with Crippen LogP contribution in [0.25, 0.3) is 0 Å². The zero-order valence-corrected chi connectivity index (χ0v) is 11.5. The van der Waals surface area contributed by atoms with Gasteiger partial charge in [-0.15, -0.1) is 0 Å². The van der Waals surface area contributed by atoms with Crippen molar-refractivity contribution in [2.24, 2.45) is 0 Å². The highest BCUT2D eigenvalue weighted by Crippen LogP contribution is 2.13. The first-order valence-corrected chi connectivity index (χ1v) is 8.00. The third kappa shape index (κ3) is 7.02. The average molecular weight is 235 g/mol. The van der Waals surface area contributed by atoms with Crippen LogP contribution in [0.15, 0.2) is 0 Å². The molecule has 0 fully saturated rings. The van der Waals surface area contributed by atoms with E-state index in [0.717, 1.165) is 32.0 Å². The first kappa shape index (κ1) is 15.1. The fourth-order valence-electron chi connectivity index (χ4n) is 1.41. The van der Waals surface area contributed by atoms with Crippen molar-refractivity contribution >= 4 is 8.56 Å². The molecule has 0 unspecified atom stereocenters. The molecule has 0 aromatic heterocycles. The smallest absolute Gasteiger partial charge is 0.334 e. The van der Waals surface area contributed by atoms with Crippen molar-refractivity contribution in [1.29, 1.82) is 0 Å². The third-order valence-electron chi connectivity index (χ3n) is 2.73. The normalized spacial score (nSPS) is 12.4. The Kier molecular flexibility index (Phi) is 8.27. The fraction of sp³-hybridized carbons (Fsp3) is 1.00. The highest BCUT2D eigenvalue weighted by molar-refractivity contribution is 6.65. The molecule has 92 valence electrons. The predicted octanol–water partition coefficient (Wildman–Crippen LogP) is 1.06. The molecule has 0 aliphatic carbocycles. The molecule has 0 aliphatic heterocycles. The molecular formula is C10H25NO3Si. The van der Waals surface area contributed by atoms with E-state index in [1.165, 1.54) is 0 Å². The van der Waals surface area contributed by atoms with Gasteiger partial charge in [0.05, 0.1) is 0 Å². The van der Waals surface area contributed by atoms with Gasteiger partial charge in [-0.05, 0) is 39.0 Å². The standard InChI is InChI=1S/C10H25NO3Si/c1-11(7-5-9-12)8-6-10-15(4,13-2)14-3/h12H,5-10H2,1-4H3. The maximum absolute atomic E-state index is 8.69. The molecule has 5 heteroatoms. The topological polar surface area (TPSA) is 41.9 Å². The monoisotopic (exact) mass is 235 g/mol. The molecule has 0 spiro atoms. The van der Waals surface area contributed by atoms with Crippen molar-refractivity contribution < 1.29 is 14.0 Å². The zero-order valence-electron chi connectivity index (χ0n) is 10.5. The minimum absolute atomic E-state index is 0.271. The van der Waals surface area contributed by atoms with Crippen LogP contribution in [0.3, 0.4) is 0 Å². The van der Waals surface area contributed by atoms with Gasteiger partial charge in [-0.3, -0.25) is 0 Å². The van der Waals surface area contributed by atoms with Crippen LogP contribution in [-0.4, -0.2) is 59.5 Å². The fourth-order valence-corrected chi connectivity index (χ4v) is 2.79. The summed E-state index contributed by atoms with van der Waals surface area (Å²) >= 11 is 0. The van der Waals surface area contributed by atoms with Gasteiger partial charge in [-0.25, -0.2) is 0 Å². The van der Waals surface area contributed by atoms with E-state index >= 15 is 0 Å². The van der Waals surface area contributed by atoms with Crippen molar-refractivity contribution in [3.8, 4) is 0 Å². The minimum atomic E-state index is -1.87. The second-order valence-corrected chi connectivity index (χ2v) is 7.61. The van der Waals surface area contributed by atoms with E-state index in [0.29, 0.717) is 0 Å². The van der Waals surface area contributed by atoms with Crippen LogP contribution in [0.1, 0.15) is 12.8 Å². The molecule has 0 bridgehead atoms. The van der Waals surface area contributed by atoms with Crippen LogP contribution in [0, 0.1) is 0 Å². The summed E-state index contributed by atoms with van der Waals surface area (Å²) in [6.45, 7) is 4.34. The highest BCUT2D eigenvalue weighted by atomic mass is 28.4. The molecule has 0 aromatic carbocycles. The van der Waals surface area contributed by atoms with Crippen molar-refractivity contribution in [3.63, 3.8) is 0 Å². The minimum Gasteiger partial charge on any atom is -0.398 e. The van der Waals surface area contributed by atoms with Crippen molar-refractivity contribution in [1.82, 2.24) is 4.90 Å². The van der Waals surface area contributed by atoms with Crippen LogP contribution in [0.5, 0.6) is 0 Å². The lowest BCUT2D eigenvalue weighted by Crippen LogP contribution is -2.36. The van der Waals surface area contributed by atoms with E-state index < -0.39 is 8.56 Å². The maximum Gasteiger partial charge on any atom is 0.334 e. The molecule has 15 heavy (non-hydrogen) atoms. The Morgan fingerprint density at radius 1 is 1.13 bits per heavy atom. The molecule has 1 N–H and O–H groups in total. The van der Waals surface area contributed by atoms with Gasteiger partial charge >= 0.3 is 8.56 Å². The van der Waals surface area contributed by atoms with Crippen LogP contribution >= 0.6 is 0 Å². The Bertz CT molecular complexity index is 154. The molecule has 0 amide bonds. The van der Waals surface area contributed by atoms with Crippen molar-refractivity contribution in [3.05, 3.63) is 0 Å². The average Bonchev–Trinajstić information content (AvgIpc) is 2.26. The van der Waals surface area contributed by atoms with E-state index in [1.807, 2.05) is 0 Å². The maximum atomic E-state index is 8.69. The summed E-state index contributed by atoms with van der Waals surface area (Å²) in [5.74, 6) is 0. The number of hydrogen-bond donors (Lipinski definition) is 1. The highest BCUT2D eigenvalue weighted by Gasteiger charge is 2.27. The molecule has 0 aliphatic rings. The quantitative estimate of drug-likeness (QED) is 0.607. The molecule has 0 atom stereocenters. The largest absolute Gasteiger partial charge is 0.398 e. The van der Waals surface area contributed by atoms with Gasteiger partial charge in [0.25, 0.3) is 0 Å². The Hall–Kier alpha value is 0.0569. The van der Waals surface area contributed by atoms with E-state index in [4.69, 9.17) is 14.0 Å². The summed E-state index contributed by atoms with van der Waals surface area (Å²) in [5, 5.41) is 8.69. The predicted molar refractivity (Wildman–Crippen MR) is 64.3 cm³/mol. The van der Waals surface area contributed by atoms with E-state index in [9.17, 15) is 0 Å². The number of hydrogen-bond acceptors (Lipinski definition) is 4. The summed E-state index contributed by atoms with van der Waals surface area (Å²) in [5.41, 5.74) is 0. The summed E-state index contributed by atoms with van der Waals surface area (Å²) in [4.78, 5) is 2.23. The molecule has 0 rings (SSSR count). The Balaban J connectivity index is 3.59. The number of aliphatic hydroxyl groups excluding tert-OH is 1. The zero-order chi connectivity index (χ0) is 11.7. The van der Waals surface area contributed by atoms with Crippen LogP contribution in [0.4, 0.5) is 0 Å². The van der Waals surface area contributed by atoms with E-state index in [-0.39, 0.29) is 6.61 Å². The molecule has 4 nitrogen and oxygen atoms in total. The van der Waals surface area contributed by atoms with Gasteiger partial charge in [-0.2, -0.15) is 0 Å². The molecule has 0 radical (unpaired) electrons. The van der Waals surface area contributed by atoms with Gasteiger partial charge in [0.2, 0.25) is 0 Å². The SMILES string of the molecule is CO[Si](C)(CCCN(C)CCCO)OC. The molecule has 0 heterocycles. The number of aliphatic hydroxyl groups is 1. The third-order valence-corrected chi connectivity index (χ3v) is 5.72. The first-order chi connectivity index (χ1) is 7.08. The van der Waals surface area contributed by atoms with Gasteiger partial charge in [0.1, 0.15) is 0 Å². The van der Waals surface area contributed by atoms with Gasteiger partial charge < -0.3 is 18.9 Å². The number of nitrogens with zero attached hydrogens (tertiary/aromatic N) is 1. The van der Waals surface area contributed by atoms with Gasteiger partial charge in [0, 0.05) is 27.4 Å². The summed E-state index contributed by atoms with van der Waals surface area (Å²) in [6, 6.07) is 1.02. The lowest BCUT2D eigenvalue weighted by Gasteiger charge is -2.24. The van der Waals surface area contributed by atoms with Crippen LogP contribution in [0.2, 0.25) is 12.6 Å². The van der Waals surface area contributed by atoms with Crippen LogP contribution in [-0.2, 0) is 8.85 Å². The summed E-state index contributed by atoms with van der Waals surface area (Å²) in [7, 11) is 3.66. The molecular weight excluding hydrogens is 210 g/mol. The van der Waals surface area contributed by atoms with Crippen molar-refractivity contribution in [2.45, 2.75) is 25.4 Å². The second-order valence-electron chi connectivity index (χ2n) is 4.03. The van der Waals surface area contributed by atoms with E-state index in [2.05, 4.69) is 18.5 Å². The lowest BCUT2D eigenvalue weighted by atomic mass is 10.4. The number of rotatable bonds is 9. The first-order valence-electron chi connectivity index (χ1n) is 5.47. The Morgan fingerprint density at radius 3 is 2.13 bits per heavy atom. The lowest BCUT2D eigenvalue weighted by molar-refractivity contribution is 0.235. The summed E-state index contributed by atoms with van der Waals surface area (Å²) < 4.78 is 10.8.